The fraction of sp³-hybridized carbons (Fsp3) is 0.417. The molecule has 0 aromatic heterocycles. The van der Waals surface area contributed by atoms with Gasteiger partial charge in [-0.3, -0.25) is 4.79 Å². The number of halogens is 1. The zero-order chi connectivity index (χ0) is 12.0. The van der Waals surface area contributed by atoms with Gasteiger partial charge in [-0.2, -0.15) is 0 Å². The number of carbonyl (C=O) groups is 1. The van der Waals surface area contributed by atoms with Crippen molar-refractivity contribution in [2.45, 2.75) is 19.9 Å². The van der Waals surface area contributed by atoms with Crippen LogP contribution in [0.1, 0.15) is 24.2 Å². The maximum absolute atomic E-state index is 11.6. The summed E-state index contributed by atoms with van der Waals surface area (Å²) in [4.78, 5) is 11.6. The van der Waals surface area contributed by atoms with Crippen molar-refractivity contribution in [1.82, 2.24) is 10.6 Å². The van der Waals surface area contributed by atoms with Crippen molar-refractivity contribution in [1.29, 1.82) is 0 Å². The lowest BCUT2D eigenvalue weighted by Crippen LogP contribution is -2.34. The van der Waals surface area contributed by atoms with Gasteiger partial charge >= 0.3 is 0 Å². The summed E-state index contributed by atoms with van der Waals surface area (Å²) in [5.74, 6) is -0.0296. The molecule has 88 valence electrons. The van der Waals surface area contributed by atoms with E-state index in [1.165, 1.54) is 0 Å². The summed E-state index contributed by atoms with van der Waals surface area (Å²) < 4.78 is 0.977. The summed E-state index contributed by atoms with van der Waals surface area (Å²) in [6.07, 6.45) is 0. The summed E-state index contributed by atoms with van der Waals surface area (Å²) in [5, 5.41) is 6.10. The van der Waals surface area contributed by atoms with Crippen molar-refractivity contribution in [2.24, 2.45) is 0 Å². The van der Waals surface area contributed by atoms with Gasteiger partial charge in [-0.05, 0) is 24.3 Å². The summed E-state index contributed by atoms with van der Waals surface area (Å²) >= 11 is 3.33. The highest BCUT2D eigenvalue weighted by Gasteiger charge is 2.03. The van der Waals surface area contributed by atoms with Gasteiger partial charge in [0.25, 0.3) is 5.91 Å². The Labute approximate surface area is 105 Å². The lowest BCUT2D eigenvalue weighted by molar-refractivity contribution is 0.0953. The standard InChI is InChI=1S/C12H17BrN2O/c1-9(2)14-7-8-15-12(16)10-3-5-11(13)6-4-10/h3-6,9,14H,7-8H2,1-2H3,(H,15,16). The molecule has 0 fully saturated rings. The van der Waals surface area contributed by atoms with E-state index in [1.807, 2.05) is 12.1 Å². The first-order valence-electron chi connectivity index (χ1n) is 5.36. The minimum atomic E-state index is -0.0296. The molecule has 1 aromatic carbocycles. The number of nitrogens with one attached hydrogen (secondary N) is 2. The van der Waals surface area contributed by atoms with Gasteiger partial charge in [-0.15, -0.1) is 0 Å². The Bertz CT molecular complexity index is 335. The van der Waals surface area contributed by atoms with Crippen LogP contribution in [0.3, 0.4) is 0 Å². The molecule has 0 bridgehead atoms. The molecular formula is C12H17BrN2O. The third kappa shape index (κ3) is 4.77. The van der Waals surface area contributed by atoms with Crippen LogP contribution in [-0.2, 0) is 0 Å². The maximum atomic E-state index is 11.6. The normalized spacial score (nSPS) is 10.5. The Morgan fingerprint density at radius 3 is 2.44 bits per heavy atom. The topological polar surface area (TPSA) is 41.1 Å². The second kappa shape index (κ2) is 6.66. The molecule has 0 radical (unpaired) electrons. The molecule has 0 unspecified atom stereocenters. The Hall–Kier alpha value is -0.870. The van der Waals surface area contributed by atoms with E-state index in [4.69, 9.17) is 0 Å². The van der Waals surface area contributed by atoms with Crippen LogP contribution in [0.4, 0.5) is 0 Å². The first-order chi connectivity index (χ1) is 7.59. The lowest BCUT2D eigenvalue weighted by atomic mass is 10.2. The minimum Gasteiger partial charge on any atom is -0.351 e. The van der Waals surface area contributed by atoms with E-state index in [1.54, 1.807) is 12.1 Å². The van der Waals surface area contributed by atoms with E-state index >= 15 is 0 Å². The molecular weight excluding hydrogens is 268 g/mol. The van der Waals surface area contributed by atoms with Crippen LogP contribution in [-0.4, -0.2) is 25.0 Å². The van der Waals surface area contributed by atoms with Crippen LogP contribution in [0.2, 0.25) is 0 Å². The second-order valence-electron chi connectivity index (χ2n) is 3.87. The van der Waals surface area contributed by atoms with Gasteiger partial charge in [0.15, 0.2) is 0 Å². The molecule has 0 aliphatic heterocycles. The molecule has 1 aromatic rings. The van der Waals surface area contributed by atoms with Crippen LogP contribution < -0.4 is 10.6 Å². The third-order valence-electron chi connectivity index (χ3n) is 2.07. The molecule has 0 saturated carbocycles. The van der Waals surface area contributed by atoms with Crippen LogP contribution in [0.15, 0.2) is 28.7 Å². The molecule has 0 aliphatic rings. The highest BCUT2D eigenvalue weighted by atomic mass is 79.9. The summed E-state index contributed by atoms with van der Waals surface area (Å²) in [6, 6.07) is 7.78. The van der Waals surface area contributed by atoms with Crippen molar-refractivity contribution >= 4 is 21.8 Å². The number of hydrogen-bond donors (Lipinski definition) is 2. The van der Waals surface area contributed by atoms with Gasteiger partial charge in [0.05, 0.1) is 0 Å². The van der Waals surface area contributed by atoms with Gasteiger partial charge in [-0.1, -0.05) is 29.8 Å². The smallest absolute Gasteiger partial charge is 0.251 e. The van der Waals surface area contributed by atoms with Gasteiger partial charge in [0.2, 0.25) is 0 Å². The van der Waals surface area contributed by atoms with Crippen molar-refractivity contribution in [3.8, 4) is 0 Å². The highest BCUT2D eigenvalue weighted by molar-refractivity contribution is 9.10. The van der Waals surface area contributed by atoms with E-state index in [0.29, 0.717) is 18.2 Å². The number of rotatable bonds is 5. The van der Waals surface area contributed by atoms with E-state index < -0.39 is 0 Å². The first kappa shape index (κ1) is 13.2. The Kier molecular flexibility index (Phi) is 5.49. The zero-order valence-electron chi connectivity index (χ0n) is 9.59. The number of amides is 1. The second-order valence-corrected chi connectivity index (χ2v) is 4.79. The molecule has 1 rings (SSSR count). The molecule has 0 saturated heterocycles. The Balaban J connectivity index is 2.32. The highest BCUT2D eigenvalue weighted by Crippen LogP contribution is 2.10. The van der Waals surface area contributed by atoms with Crippen LogP contribution in [0.25, 0.3) is 0 Å². The quantitative estimate of drug-likeness (QED) is 0.814. The largest absolute Gasteiger partial charge is 0.351 e. The summed E-state index contributed by atoms with van der Waals surface area (Å²) in [6.45, 7) is 5.60. The minimum absolute atomic E-state index is 0.0296. The molecule has 3 nitrogen and oxygen atoms in total. The molecule has 0 heterocycles. The van der Waals surface area contributed by atoms with Gasteiger partial charge in [0, 0.05) is 29.2 Å². The monoisotopic (exact) mass is 284 g/mol. The van der Waals surface area contributed by atoms with E-state index in [9.17, 15) is 4.79 Å². The number of carbonyl (C=O) groups excluding carboxylic acids is 1. The average Bonchev–Trinajstić information content (AvgIpc) is 2.25. The fourth-order valence-corrected chi connectivity index (χ4v) is 1.50. The summed E-state index contributed by atoms with van der Waals surface area (Å²) in [7, 11) is 0. The maximum Gasteiger partial charge on any atom is 0.251 e. The van der Waals surface area contributed by atoms with Crippen molar-refractivity contribution in [3.63, 3.8) is 0 Å². The van der Waals surface area contributed by atoms with Gasteiger partial charge in [0.1, 0.15) is 0 Å². The van der Waals surface area contributed by atoms with Crippen LogP contribution in [0, 0.1) is 0 Å². The predicted molar refractivity (Wildman–Crippen MR) is 69.6 cm³/mol. The molecule has 0 atom stereocenters. The van der Waals surface area contributed by atoms with Crippen molar-refractivity contribution < 1.29 is 4.79 Å². The summed E-state index contributed by atoms with van der Waals surface area (Å²) in [5.41, 5.74) is 0.688. The first-order valence-corrected chi connectivity index (χ1v) is 6.16. The molecule has 0 aliphatic carbocycles. The third-order valence-corrected chi connectivity index (χ3v) is 2.60. The Morgan fingerprint density at radius 1 is 1.25 bits per heavy atom. The average molecular weight is 285 g/mol. The van der Waals surface area contributed by atoms with Crippen LogP contribution >= 0.6 is 15.9 Å². The lowest BCUT2D eigenvalue weighted by Gasteiger charge is -2.09. The number of benzene rings is 1. The van der Waals surface area contributed by atoms with Gasteiger partial charge < -0.3 is 10.6 Å². The predicted octanol–water partition coefficient (Wildman–Crippen LogP) is 2.18. The molecule has 1 amide bonds. The zero-order valence-corrected chi connectivity index (χ0v) is 11.2. The molecule has 0 spiro atoms. The number of hydrogen-bond acceptors (Lipinski definition) is 2. The van der Waals surface area contributed by atoms with Crippen molar-refractivity contribution in [3.05, 3.63) is 34.3 Å². The fourth-order valence-electron chi connectivity index (χ4n) is 1.24. The molecule has 2 N–H and O–H groups in total. The van der Waals surface area contributed by atoms with E-state index in [-0.39, 0.29) is 5.91 Å². The molecule has 16 heavy (non-hydrogen) atoms. The van der Waals surface area contributed by atoms with Crippen molar-refractivity contribution in [2.75, 3.05) is 13.1 Å². The van der Waals surface area contributed by atoms with E-state index in [2.05, 4.69) is 40.4 Å². The molecule has 4 heteroatoms. The van der Waals surface area contributed by atoms with Crippen LogP contribution in [0.5, 0.6) is 0 Å². The SMILES string of the molecule is CC(C)NCCNC(=O)c1ccc(Br)cc1. The Morgan fingerprint density at radius 2 is 1.88 bits per heavy atom. The van der Waals surface area contributed by atoms with E-state index in [0.717, 1.165) is 11.0 Å². The van der Waals surface area contributed by atoms with Gasteiger partial charge in [-0.25, -0.2) is 0 Å².